The van der Waals surface area contributed by atoms with Gasteiger partial charge in [-0.3, -0.25) is 4.90 Å². The lowest BCUT2D eigenvalue weighted by atomic mass is 9.92. The van der Waals surface area contributed by atoms with Gasteiger partial charge in [-0.05, 0) is 44.5 Å². The lowest BCUT2D eigenvalue weighted by molar-refractivity contribution is 0.146. The van der Waals surface area contributed by atoms with Crippen molar-refractivity contribution in [3.05, 3.63) is 23.8 Å². The van der Waals surface area contributed by atoms with E-state index in [1.165, 1.54) is 37.7 Å². The summed E-state index contributed by atoms with van der Waals surface area (Å²) in [5.41, 5.74) is 1.20. The SMILES string of the molecule is COc1cc(C(C)N(C)C2CCCCC2)ccc1O. The number of phenols is 1. The number of hydrogen-bond acceptors (Lipinski definition) is 3. The van der Waals surface area contributed by atoms with Gasteiger partial charge in [0.2, 0.25) is 0 Å². The van der Waals surface area contributed by atoms with E-state index in [9.17, 15) is 5.11 Å². The van der Waals surface area contributed by atoms with Gasteiger partial charge < -0.3 is 9.84 Å². The highest BCUT2D eigenvalue weighted by atomic mass is 16.5. The Morgan fingerprint density at radius 3 is 2.58 bits per heavy atom. The number of rotatable bonds is 4. The van der Waals surface area contributed by atoms with Gasteiger partial charge in [-0.1, -0.05) is 25.3 Å². The first kappa shape index (κ1) is 14.2. The molecule has 0 amide bonds. The monoisotopic (exact) mass is 263 g/mol. The van der Waals surface area contributed by atoms with Crippen LogP contribution in [0.1, 0.15) is 50.6 Å². The maximum atomic E-state index is 9.67. The van der Waals surface area contributed by atoms with E-state index in [0.29, 0.717) is 17.8 Å². The third-order valence-electron chi connectivity index (χ3n) is 4.45. The molecule has 1 aromatic rings. The quantitative estimate of drug-likeness (QED) is 0.898. The van der Waals surface area contributed by atoms with E-state index in [-0.39, 0.29) is 5.75 Å². The molecule has 1 saturated carbocycles. The van der Waals surface area contributed by atoms with Gasteiger partial charge in [0.25, 0.3) is 0 Å². The third kappa shape index (κ3) is 3.21. The van der Waals surface area contributed by atoms with E-state index in [1.807, 2.05) is 12.1 Å². The van der Waals surface area contributed by atoms with Gasteiger partial charge in [-0.25, -0.2) is 0 Å². The minimum absolute atomic E-state index is 0.207. The normalized spacial score (nSPS) is 18.5. The predicted octanol–water partition coefficient (Wildman–Crippen LogP) is 3.73. The molecule has 1 aliphatic rings. The molecule has 0 bridgehead atoms. The number of phenolic OH excluding ortho intramolecular Hbond substituents is 1. The van der Waals surface area contributed by atoms with Crippen LogP contribution < -0.4 is 4.74 Å². The number of benzene rings is 1. The zero-order valence-corrected chi connectivity index (χ0v) is 12.2. The lowest BCUT2D eigenvalue weighted by Gasteiger charge is -2.35. The van der Waals surface area contributed by atoms with Crippen LogP contribution in [0.25, 0.3) is 0 Å². The highest BCUT2D eigenvalue weighted by molar-refractivity contribution is 5.42. The van der Waals surface area contributed by atoms with Crippen LogP contribution in [0.5, 0.6) is 11.5 Å². The summed E-state index contributed by atoms with van der Waals surface area (Å²) in [6, 6.07) is 6.68. The second kappa shape index (κ2) is 6.29. The Hall–Kier alpha value is -1.22. The molecular formula is C16H25NO2. The molecule has 1 aromatic carbocycles. The topological polar surface area (TPSA) is 32.7 Å². The molecular weight excluding hydrogens is 238 g/mol. The van der Waals surface area contributed by atoms with Crippen LogP contribution in [0.15, 0.2) is 18.2 Å². The Morgan fingerprint density at radius 2 is 1.95 bits per heavy atom. The first-order valence-electron chi connectivity index (χ1n) is 7.22. The van der Waals surface area contributed by atoms with Crippen LogP contribution in [0, 0.1) is 0 Å². The highest BCUT2D eigenvalue weighted by Crippen LogP contribution is 2.33. The fourth-order valence-electron chi connectivity index (χ4n) is 2.99. The van der Waals surface area contributed by atoms with Crippen molar-refractivity contribution in [2.45, 2.75) is 51.1 Å². The first-order valence-corrected chi connectivity index (χ1v) is 7.22. The van der Waals surface area contributed by atoms with Gasteiger partial charge in [-0.2, -0.15) is 0 Å². The summed E-state index contributed by atoms with van der Waals surface area (Å²) in [4.78, 5) is 2.46. The third-order valence-corrected chi connectivity index (χ3v) is 4.45. The average molecular weight is 263 g/mol. The Bertz CT molecular complexity index is 413. The molecule has 1 fully saturated rings. The number of methoxy groups -OCH3 is 1. The first-order chi connectivity index (χ1) is 9.13. The molecule has 19 heavy (non-hydrogen) atoms. The maximum Gasteiger partial charge on any atom is 0.160 e. The minimum Gasteiger partial charge on any atom is -0.504 e. The molecule has 0 heterocycles. The molecule has 1 aliphatic carbocycles. The molecule has 2 rings (SSSR count). The zero-order chi connectivity index (χ0) is 13.8. The Balaban J connectivity index is 2.11. The maximum absolute atomic E-state index is 9.67. The molecule has 3 nitrogen and oxygen atoms in total. The van der Waals surface area contributed by atoms with Crippen LogP contribution in [-0.4, -0.2) is 30.2 Å². The van der Waals surface area contributed by atoms with Crippen molar-refractivity contribution in [1.29, 1.82) is 0 Å². The van der Waals surface area contributed by atoms with E-state index >= 15 is 0 Å². The molecule has 0 aromatic heterocycles. The van der Waals surface area contributed by atoms with Crippen molar-refractivity contribution >= 4 is 0 Å². The molecule has 106 valence electrons. The van der Waals surface area contributed by atoms with Crippen molar-refractivity contribution in [2.75, 3.05) is 14.2 Å². The van der Waals surface area contributed by atoms with Crippen LogP contribution in [0.2, 0.25) is 0 Å². The predicted molar refractivity (Wildman–Crippen MR) is 77.7 cm³/mol. The van der Waals surface area contributed by atoms with Gasteiger partial charge in [0.15, 0.2) is 11.5 Å². The standard InChI is InChI=1S/C16H25NO2/c1-12(17(2)14-7-5-4-6-8-14)13-9-10-15(18)16(11-13)19-3/h9-12,14,18H,4-8H2,1-3H3. The van der Waals surface area contributed by atoms with Crippen LogP contribution in [-0.2, 0) is 0 Å². The van der Waals surface area contributed by atoms with Crippen molar-refractivity contribution in [3.8, 4) is 11.5 Å². The fourth-order valence-corrected chi connectivity index (χ4v) is 2.99. The van der Waals surface area contributed by atoms with E-state index in [2.05, 4.69) is 18.9 Å². The van der Waals surface area contributed by atoms with Crippen LogP contribution in [0.3, 0.4) is 0 Å². The molecule has 0 spiro atoms. The van der Waals surface area contributed by atoms with Crippen LogP contribution in [0.4, 0.5) is 0 Å². The van der Waals surface area contributed by atoms with Gasteiger partial charge in [0.05, 0.1) is 7.11 Å². The Morgan fingerprint density at radius 1 is 1.26 bits per heavy atom. The van der Waals surface area contributed by atoms with Crippen molar-refractivity contribution in [1.82, 2.24) is 4.90 Å². The van der Waals surface area contributed by atoms with Gasteiger partial charge in [0.1, 0.15) is 0 Å². The zero-order valence-electron chi connectivity index (χ0n) is 12.2. The summed E-state index contributed by atoms with van der Waals surface area (Å²) in [7, 11) is 3.80. The van der Waals surface area contributed by atoms with E-state index < -0.39 is 0 Å². The second-order valence-electron chi connectivity index (χ2n) is 5.56. The highest BCUT2D eigenvalue weighted by Gasteiger charge is 2.23. The summed E-state index contributed by atoms with van der Waals surface area (Å²) in [6.07, 6.45) is 6.68. The van der Waals surface area contributed by atoms with Crippen molar-refractivity contribution in [3.63, 3.8) is 0 Å². The van der Waals surface area contributed by atoms with Gasteiger partial charge in [-0.15, -0.1) is 0 Å². The number of nitrogens with zero attached hydrogens (tertiary/aromatic N) is 1. The van der Waals surface area contributed by atoms with Gasteiger partial charge >= 0.3 is 0 Å². The minimum atomic E-state index is 0.207. The molecule has 0 aliphatic heterocycles. The summed E-state index contributed by atoms with van der Waals surface area (Å²) in [6.45, 7) is 2.22. The van der Waals surface area contributed by atoms with Crippen molar-refractivity contribution in [2.24, 2.45) is 0 Å². The molecule has 1 unspecified atom stereocenters. The fraction of sp³-hybridized carbons (Fsp3) is 0.625. The summed E-state index contributed by atoms with van der Waals surface area (Å²) >= 11 is 0. The van der Waals surface area contributed by atoms with E-state index in [4.69, 9.17) is 4.74 Å². The molecule has 0 saturated heterocycles. The summed E-state index contributed by atoms with van der Waals surface area (Å²) < 4.78 is 5.19. The molecule has 0 radical (unpaired) electrons. The Kier molecular flexibility index (Phi) is 4.70. The smallest absolute Gasteiger partial charge is 0.160 e. The second-order valence-corrected chi connectivity index (χ2v) is 5.56. The number of ether oxygens (including phenoxy) is 1. The molecule has 3 heteroatoms. The van der Waals surface area contributed by atoms with E-state index in [0.717, 1.165) is 0 Å². The molecule has 1 N–H and O–H groups in total. The average Bonchev–Trinajstić information content (AvgIpc) is 2.47. The Labute approximate surface area is 116 Å². The van der Waals surface area contributed by atoms with Crippen molar-refractivity contribution < 1.29 is 9.84 Å². The van der Waals surface area contributed by atoms with Crippen LogP contribution >= 0.6 is 0 Å². The molecule has 1 atom stereocenters. The number of aromatic hydroxyl groups is 1. The summed E-state index contributed by atoms with van der Waals surface area (Å²) in [5.74, 6) is 0.764. The van der Waals surface area contributed by atoms with E-state index in [1.54, 1.807) is 13.2 Å². The largest absolute Gasteiger partial charge is 0.504 e. The van der Waals surface area contributed by atoms with Gasteiger partial charge in [0, 0.05) is 12.1 Å². The summed E-state index contributed by atoms with van der Waals surface area (Å²) in [5, 5.41) is 9.67. The number of hydrogen-bond donors (Lipinski definition) is 1. The lowest BCUT2D eigenvalue weighted by Crippen LogP contribution is -2.35.